The first-order valence-electron chi connectivity index (χ1n) is 13.1. The molecule has 2 aromatic carbocycles. The summed E-state index contributed by atoms with van der Waals surface area (Å²) in [4.78, 5) is 31.0. The number of sulfonamides is 1. The minimum Gasteiger partial charge on any atom is -0.349 e. The summed E-state index contributed by atoms with van der Waals surface area (Å²) < 4.78 is 44.3. The number of aryl methyl sites for hydroxylation is 1. The molecule has 9 nitrogen and oxygen atoms in total. The second-order valence-corrected chi connectivity index (χ2v) is 11.9. The van der Waals surface area contributed by atoms with Gasteiger partial charge in [0.15, 0.2) is 0 Å². The lowest BCUT2D eigenvalue weighted by Crippen LogP contribution is -2.38. The zero-order valence-corrected chi connectivity index (χ0v) is 22.9. The Kier molecular flexibility index (Phi) is 7.57. The van der Waals surface area contributed by atoms with E-state index in [0.29, 0.717) is 67.9 Å². The van der Waals surface area contributed by atoms with Gasteiger partial charge in [-0.3, -0.25) is 18.8 Å². The molecule has 0 amide bonds. The summed E-state index contributed by atoms with van der Waals surface area (Å²) in [5, 5.41) is 0. The van der Waals surface area contributed by atoms with Crippen molar-refractivity contribution in [1.82, 2.24) is 23.3 Å². The van der Waals surface area contributed by atoms with E-state index in [1.807, 2.05) is 6.92 Å². The Hall–Kier alpha value is -3.54. The Labute approximate surface area is 226 Å². The Morgan fingerprint density at radius 2 is 1.67 bits per heavy atom. The normalized spacial score (nSPS) is 15.6. The molecule has 0 radical (unpaired) electrons. The molecule has 0 spiro atoms. The molecule has 4 aromatic rings. The first kappa shape index (κ1) is 27.0. The lowest BCUT2D eigenvalue weighted by molar-refractivity contribution is 0.278. The molecule has 0 atom stereocenters. The summed E-state index contributed by atoms with van der Waals surface area (Å²) in [7, 11) is -2.06. The third kappa shape index (κ3) is 5.34. The largest absolute Gasteiger partial charge is 0.349 e. The van der Waals surface area contributed by atoms with Crippen LogP contribution in [-0.4, -0.2) is 57.9 Å². The van der Waals surface area contributed by atoms with E-state index in [0.717, 1.165) is 12.1 Å². The summed E-state index contributed by atoms with van der Waals surface area (Å²) in [6.45, 7) is 5.01. The molecule has 11 heteroatoms. The molecule has 206 valence electrons. The van der Waals surface area contributed by atoms with Crippen LogP contribution in [0.5, 0.6) is 0 Å². The summed E-state index contributed by atoms with van der Waals surface area (Å²) in [6, 6.07) is 14.7. The summed E-state index contributed by atoms with van der Waals surface area (Å²) >= 11 is 0. The number of nitrogens with one attached hydrogen (secondary N) is 1. The van der Waals surface area contributed by atoms with Crippen molar-refractivity contribution in [2.75, 3.05) is 26.2 Å². The number of hydrogen-bond donors (Lipinski definition) is 1. The van der Waals surface area contributed by atoms with Crippen molar-refractivity contribution in [3.8, 4) is 11.3 Å². The smallest absolute Gasteiger partial charge is 0.331 e. The van der Waals surface area contributed by atoms with Crippen molar-refractivity contribution in [3.05, 3.63) is 86.8 Å². The van der Waals surface area contributed by atoms with Gasteiger partial charge >= 0.3 is 5.69 Å². The zero-order chi connectivity index (χ0) is 27.7. The molecule has 0 unspecified atom stereocenters. The highest BCUT2D eigenvalue weighted by atomic mass is 32.2. The van der Waals surface area contributed by atoms with E-state index in [-0.39, 0.29) is 22.0 Å². The summed E-state index contributed by atoms with van der Waals surface area (Å²) in [5.41, 5.74) is 2.43. The lowest BCUT2D eigenvalue weighted by atomic mass is 10.1. The average molecular weight is 554 g/mol. The van der Waals surface area contributed by atoms with Crippen molar-refractivity contribution in [1.29, 1.82) is 0 Å². The van der Waals surface area contributed by atoms with Gasteiger partial charge in [0.25, 0.3) is 5.56 Å². The number of aromatic amines is 1. The molecule has 39 heavy (non-hydrogen) atoms. The van der Waals surface area contributed by atoms with E-state index in [9.17, 15) is 22.4 Å². The van der Waals surface area contributed by atoms with E-state index >= 15 is 0 Å². The topological polar surface area (TPSA) is 100 Å². The van der Waals surface area contributed by atoms with Gasteiger partial charge in [0, 0.05) is 45.5 Å². The van der Waals surface area contributed by atoms with E-state index in [1.54, 1.807) is 49.5 Å². The maximum atomic E-state index is 13.4. The Balaban J connectivity index is 1.34. The fourth-order valence-electron chi connectivity index (χ4n) is 5.10. The Morgan fingerprint density at radius 3 is 2.36 bits per heavy atom. The van der Waals surface area contributed by atoms with Gasteiger partial charge in [-0.15, -0.1) is 0 Å². The van der Waals surface area contributed by atoms with Crippen LogP contribution in [0.15, 0.2) is 69.1 Å². The number of aromatic nitrogens is 3. The fraction of sp³-hybridized carbons (Fsp3) is 0.357. The predicted molar refractivity (Wildman–Crippen MR) is 149 cm³/mol. The van der Waals surface area contributed by atoms with Crippen LogP contribution in [0.3, 0.4) is 0 Å². The first-order valence-corrected chi connectivity index (χ1v) is 14.5. The fourth-order valence-corrected chi connectivity index (χ4v) is 6.57. The van der Waals surface area contributed by atoms with Gasteiger partial charge in [-0.05, 0) is 60.8 Å². The van der Waals surface area contributed by atoms with Crippen molar-refractivity contribution in [3.63, 3.8) is 0 Å². The summed E-state index contributed by atoms with van der Waals surface area (Å²) in [6.07, 6.45) is 1.36. The Bertz CT molecular complexity index is 1710. The maximum absolute atomic E-state index is 13.4. The molecule has 1 saturated heterocycles. The zero-order valence-electron chi connectivity index (χ0n) is 22.1. The molecule has 0 bridgehead atoms. The molecule has 1 aliphatic heterocycles. The lowest BCUT2D eigenvalue weighted by Gasteiger charge is -2.22. The van der Waals surface area contributed by atoms with Gasteiger partial charge in [-0.1, -0.05) is 31.2 Å². The third-order valence-electron chi connectivity index (χ3n) is 7.25. The van der Waals surface area contributed by atoms with E-state index < -0.39 is 10.0 Å². The molecule has 0 saturated carbocycles. The van der Waals surface area contributed by atoms with Crippen molar-refractivity contribution < 1.29 is 12.8 Å². The Morgan fingerprint density at radius 1 is 0.949 bits per heavy atom. The van der Waals surface area contributed by atoms with Gasteiger partial charge in [0.1, 0.15) is 11.3 Å². The van der Waals surface area contributed by atoms with Gasteiger partial charge in [-0.2, -0.15) is 4.31 Å². The number of fused-ring (bicyclic) bond motifs is 1. The summed E-state index contributed by atoms with van der Waals surface area (Å²) in [5.74, 6) is -0.275. The van der Waals surface area contributed by atoms with Crippen molar-refractivity contribution in [2.24, 2.45) is 7.05 Å². The second kappa shape index (κ2) is 10.9. The van der Waals surface area contributed by atoms with Crippen LogP contribution in [0.1, 0.15) is 25.3 Å². The van der Waals surface area contributed by atoms with Crippen LogP contribution in [0.2, 0.25) is 0 Å². The number of nitrogens with zero attached hydrogens (tertiary/aromatic N) is 4. The molecule has 5 rings (SSSR count). The predicted octanol–water partition coefficient (Wildman–Crippen LogP) is 3.14. The van der Waals surface area contributed by atoms with Crippen LogP contribution >= 0.6 is 0 Å². The molecule has 1 fully saturated rings. The van der Waals surface area contributed by atoms with Crippen molar-refractivity contribution >= 4 is 21.1 Å². The second-order valence-electron chi connectivity index (χ2n) is 9.93. The highest BCUT2D eigenvalue weighted by molar-refractivity contribution is 7.89. The molecule has 3 heterocycles. The van der Waals surface area contributed by atoms with Crippen LogP contribution in [0.4, 0.5) is 4.39 Å². The van der Waals surface area contributed by atoms with Crippen molar-refractivity contribution in [2.45, 2.75) is 37.8 Å². The van der Waals surface area contributed by atoms with E-state index in [1.165, 1.54) is 25.6 Å². The highest BCUT2D eigenvalue weighted by Gasteiger charge is 2.27. The molecule has 0 aliphatic carbocycles. The molecule has 1 aliphatic rings. The average Bonchev–Trinajstić information content (AvgIpc) is 3.25. The number of halogens is 1. The first-order chi connectivity index (χ1) is 18.7. The molecular formula is C28H32FN5O4S. The molecule has 1 N–H and O–H groups in total. The molecular weight excluding hydrogens is 521 g/mol. The number of rotatable bonds is 7. The minimum absolute atomic E-state index is 0.201. The maximum Gasteiger partial charge on any atom is 0.331 e. The van der Waals surface area contributed by atoms with Gasteiger partial charge < -0.3 is 4.98 Å². The van der Waals surface area contributed by atoms with Crippen LogP contribution in [-0.2, 0) is 30.2 Å². The minimum atomic E-state index is -3.69. The van der Waals surface area contributed by atoms with E-state index in [2.05, 4.69) is 9.88 Å². The third-order valence-corrected chi connectivity index (χ3v) is 9.17. The number of H-pyrrole nitrogens is 1. The number of benzene rings is 2. The highest BCUT2D eigenvalue weighted by Crippen LogP contribution is 2.25. The van der Waals surface area contributed by atoms with Crippen LogP contribution in [0, 0.1) is 5.82 Å². The van der Waals surface area contributed by atoms with Gasteiger partial charge in [-0.25, -0.2) is 17.6 Å². The van der Waals surface area contributed by atoms with Crippen LogP contribution < -0.4 is 11.2 Å². The monoisotopic (exact) mass is 553 g/mol. The standard InChI is InChI=1S/C28H32FN5O4S/c1-3-13-34-27(35)26-25(31(2)28(34)36)18-24(30-26)21-7-11-23(12-8-21)39(37,38)33-15-4-14-32(16-17-33)19-20-5-9-22(29)10-6-20/h5-12,18,30H,3-4,13-17,19H2,1-2H3. The van der Waals surface area contributed by atoms with Crippen LogP contribution in [0.25, 0.3) is 22.3 Å². The number of hydrogen-bond acceptors (Lipinski definition) is 5. The molecule has 2 aromatic heterocycles. The SMILES string of the molecule is CCCn1c(=O)c2[nH]c(-c3ccc(S(=O)(=O)N4CCCN(Cc5ccc(F)cc5)CC4)cc3)cc2n(C)c1=O. The van der Waals surface area contributed by atoms with E-state index in [4.69, 9.17) is 0 Å². The van der Waals surface area contributed by atoms with Gasteiger partial charge in [0.2, 0.25) is 10.0 Å². The van der Waals surface area contributed by atoms with Gasteiger partial charge in [0.05, 0.1) is 10.4 Å². The quantitative estimate of drug-likeness (QED) is 0.379.